The maximum absolute atomic E-state index is 12.1. The molecule has 1 aromatic heterocycles. The molecule has 2 aromatic carbocycles. The highest BCUT2D eigenvalue weighted by Crippen LogP contribution is 2.19. The molecular weight excluding hydrogens is 310 g/mol. The van der Waals surface area contributed by atoms with Gasteiger partial charge in [-0.15, -0.1) is 0 Å². The number of aromatic nitrogens is 2. The van der Waals surface area contributed by atoms with E-state index in [1.54, 1.807) is 0 Å². The fraction of sp³-hybridized carbons (Fsp3) is 0.238. The molecule has 3 rings (SSSR count). The number of hydrogen-bond acceptors (Lipinski definition) is 2. The van der Waals surface area contributed by atoms with Crippen molar-refractivity contribution in [2.45, 2.75) is 26.7 Å². The second-order valence-electron chi connectivity index (χ2n) is 6.36. The monoisotopic (exact) mass is 333 g/mol. The summed E-state index contributed by atoms with van der Waals surface area (Å²) in [4.78, 5) is 12.1. The van der Waals surface area contributed by atoms with E-state index in [2.05, 4.69) is 29.5 Å². The summed E-state index contributed by atoms with van der Waals surface area (Å²) in [6.07, 6.45) is 1.24. The molecule has 4 nitrogen and oxygen atoms in total. The first-order valence-electron chi connectivity index (χ1n) is 8.44. The minimum atomic E-state index is -0.00195. The van der Waals surface area contributed by atoms with Crippen LogP contribution in [0.25, 0.3) is 0 Å². The quantitative estimate of drug-likeness (QED) is 0.772. The first kappa shape index (κ1) is 17.0. The lowest BCUT2D eigenvalue weighted by Crippen LogP contribution is -2.14. The predicted molar refractivity (Wildman–Crippen MR) is 101 cm³/mol. The summed E-state index contributed by atoms with van der Waals surface area (Å²) in [5.41, 5.74) is 6.57. The molecule has 128 valence electrons. The summed E-state index contributed by atoms with van der Waals surface area (Å²) in [6, 6.07) is 17.8. The van der Waals surface area contributed by atoms with Gasteiger partial charge in [0.25, 0.3) is 0 Å². The zero-order valence-corrected chi connectivity index (χ0v) is 14.9. The molecule has 0 radical (unpaired) electrons. The minimum absolute atomic E-state index is 0.00195. The summed E-state index contributed by atoms with van der Waals surface area (Å²) in [5, 5.41) is 7.42. The molecule has 4 heteroatoms. The summed E-state index contributed by atoms with van der Waals surface area (Å²) in [5.74, 6) is -0.00195. The van der Waals surface area contributed by atoms with Crippen molar-refractivity contribution in [2.75, 3.05) is 5.32 Å². The Labute approximate surface area is 148 Å². The smallest absolute Gasteiger partial charge is 0.228 e. The Morgan fingerprint density at radius 1 is 1.00 bits per heavy atom. The minimum Gasteiger partial charge on any atom is -0.326 e. The van der Waals surface area contributed by atoms with Crippen LogP contribution in [-0.4, -0.2) is 15.7 Å². The second kappa shape index (κ2) is 7.34. The van der Waals surface area contributed by atoms with Crippen molar-refractivity contribution >= 4 is 11.6 Å². The average molecular weight is 333 g/mol. The van der Waals surface area contributed by atoms with Gasteiger partial charge in [0, 0.05) is 30.4 Å². The van der Waals surface area contributed by atoms with Crippen molar-refractivity contribution < 1.29 is 4.79 Å². The van der Waals surface area contributed by atoms with Crippen LogP contribution in [0.15, 0.2) is 54.6 Å². The van der Waals surface area contributed by atoms with Crippen LogP contribution in [0.1, 0.15) is 28.1 Å². The van der Waals surface area contributed by atoms with Gasteiger partial charge in [-0.3, -0.25) is 9.48 Å². The van der Waals surface area contributed by atoms with Crippen molar-refractivity contribution in [1.29, 1.82) is 0 Å². The molecule has 1 amide bonds. The molecule has 0 bridgehead atoms. The number of nitrogens with zero attached hydrogens (tertiary/aromatic N) is 2. The Kier molecular flexibility index (Phi) is 4.98. The number of anilines is 1. The van der Waals surface area contributed by atoms with Crippen LogP contribution in [0.2, 0.25) is 0 Å². The summed E-state index contributed by atoms with van der Waals surface area (Å²) < 4.78 is 1.92. The van der Waals surface area contributed by atoms with Crippen LogP contribution in [0.5, 0.6) is 0 Å². The molecule has 0 saturated carbocycles. The van der Waals surface area contributed by atoms with Crippen LogP contribution in [-0.2, 0) is 24.7 Å². The van der Waals surface area contributed by atoms with E-state index in [4.69, 9.17) is 0 Å². The van der Waals surface area contributed by atoms with Gasteiger partial charge < -0.3 is 5.32 Å². The van der Waals surface area contributed by atoms with Crippen LogP contribution >= 0.6 is 0 Å². The molecule has 0 fully saturated rings. The zero-order valence-electron chi connectivity index (χ0n) is 14.9. The number of hydrogen-bond donors (Lipinski definition) is 1. The molecule has 0 aliphatic rings. The number of carbonyl (C=O) groups excluding carboxylic acids is 1. The molecule has 0 saturated heterocycles. The van der Waals surface area contributed by atoms with Crippen molar-refractivity contribution in [2.24, 2.45) is 7.05 Å². The van der Waals surface area contributed by atoms with Crippen LogP contribution in [0, 0.1) is 13.8 Å². The van der Waals surface area contributed by atoms with Gasteiger partial charge in [0.15, 0.2) is 0 Å². The lowest BCUT2D eigenvalue weighted by molar-refractivity contribution is -0.115. The SMILES string of the molecule is Cc1nn(C)c(C)c1Cc1ccc(NC(=O)Cc2ccccc2)cc1. The van der Waals surface area contributed by atoms with E-state index in [0.29, 0.717) is 6.42 Å². The third kappa shape index (κ3) is 4.15. The predicted octanol–water partition coefficient (Wildman–Crippen LogP) is 3.81. The largest absolute Gasteiger partial charge is 0.326 e. The van der Waals surface area contributed by atoms with Crippen LogP contribution in [0.3, 0.4) is 0 Å². The lowest BCUT2D eigenvalue weighted by atomic mass is 10.0. The van der Waals surface area contributed by atoms with E-state index in [1.165, 1.54) is 16.8 Å². The lowest BCUT2D eigenvalue weighted by Gasteiger charge is -2.07. The van der Waals surface area contributed by atoms with E-state index < -0.39 is 0 Å². The van der Waals surface area contributed by atoms with E-state index >= 15 is 0 Å². The molecule has 0 atom stereocenters. The van der Waals surface area contributed by atoms with Crippen molar-refractivity contribution in [1.82, 2.24) is 9.78 Å². The highest BCUT2D eigenvalue weighted by molar-refractivity contribution is 5.92. The van der Waals surface area contributed by atoms with Gasteiger partial charge in [-0.25, -0.2) is 0 Å². The first-order chi connectivity index (χ1) is 12.0. The van der Waals surface area contributed by atoms with Crippen molar-refractivity contribution in [3.05, 3.63) is 82.7 Å². The van der Waals surface area contributed by atoms with Gasteiger partial charge in [-0.1, -0.05) is 42.5 Å². The fourth-order valence-electron chi connectivity index (χ4n) is 2.97. The third-order valence-corrected chi connectivity index (χ3v) is 4.48. The molecule has 0 aliphatic heterocycles. The average Bonchev–Trinajstić information content (AvgIpc) is 2.83. The number of nitrogens with one attached hydrogen (secondary N) is 1. The molecule has 0 aliphatic carbocycles. The molecular formula is C21H23N3O. The van der Waals surface area contributed by atoms with Crippen molar-refractivity contribution in [3.63, 3.8) is 0 Å². The van der Waals surface area contributed by atoms with Gasteiger partial charge >= 0.3 is 0 Å². The fourth-order valence-corrected chi connectivity index (χ4v) is 2.97. The standard InChI is InChI=1S/C21H23N3O/c1-15-20(16(2)24(3)23-15)13-18-9-11-19(12-10-18)22-21(25)14-17-7-5-4-6-8-17/h4-12H,13-14H2,1-3H3,(H,22,25). The van der Waals surface area contributed by atoms with Gasteiger partial charge in [0.1, 0.15) is 0 Å². The van der Waals surface area contributed by atoms with Gasteiger partial charge in [0.05, 0.1) is 12.1 Å². The third-order valence-electron chi connectivity index (χ3n) is 4.48. The molecule has 1 heterocycles. The van der Waals surface area contributed by atoms with E-state index in [9.17, 15) is 4.79 Å². The topological polar surface area (TPSA) is 46.9 Å². The number of amides is 1. The Hall–Kier alpha value is -2.88. The molecule has 25 heavy (non-hydrogen) atoms. The normalized spacial score (nSPS) is 10.7. The number of rotatable bonds is 5. The maximum atomic E-state index is 12.1. The summed E-state index contributed by atoms with van der Waals surface area (Å²) in [7, 11) is 1.97. The van der Waals surface area contributed by atoms with Gasteiger partial charge in [-0.05, 0) is 37.1 Å². The van der Waals surface area contributed by atoms with E-state index in [-0.39, 0.29) is 5.91 Å². The number of benzene rings is 2. The molecule has 0 spiro atoms. The van der Waals surface area contributed by atoms with Crippen LogP contribution < -0.4 is 5.32 Å². The second-order valence-corrected chi connectivity index (χ2v) is 6.36. The Balaban J connectivity index is 1.63. The first-order valence-corrected chi connectivity index (χ1v) is 8.44. The highest BCUT2D eigenvalue weighted by Gasteiger charge is 2.10. The van der Waals surface area contributed by atoms with Crippen molar-refractivity contribution in [3.8, 4) is 0 Å². The van der Waals surface area contributed by atoms with E-state index in [0.717, 1.165) is 23.4 Å². The van der Waals surface area contributed by atoms with Gasteiger partial charge in [-0.2, -0.15) is 5.10 Å². The molecule has 3 aromatic rings. The molecule has 0 unspecified atom stereocenters. The highest BCUT2D eigenvalue weighted by atomic mass is 16.1. The Morgan fingerprint density at radius 2 is 1.68 bits per heavy atom. The van der Waals surface area contributed by atoms with Crippen LogP contribution in [0.4, 0.5) is 5.69 Å². The Morgan fingerprint density at radius 3 is 2.28 bits per heavy atom. The number of aryl methyl sites for hydroxylation is 2. The molecule has 1 N–H and O–H groups in total. The maximum Gasteiger partial charge on any atom is 0.228 e. The zero-order chi connectivity index (χ0) is 17.8. The summed E-state index contributed by atoms with van der Waals surface area (Å²) >= 11 is 0. The van der Waals surface area contributed by atoms with Gasteiger partial charge in [0.2, 0.25) is 5.91 Å². The number of carbonyl (C=O) groups is 1. The Bertz CT molecular complexity index is 864. The van der Waals surface area contributed by atoms with E-state index in [1.807, 2.05) is 61.1 Å². The summed E-state index contributed by atoms with van der Waals surface area (Å²) in [6.45, 7) is 4.13.